The van der Waals surface area contributed by atoms with Gasteiger partial charge in [0.05, 0.1) is 27.7 Å². The quantitative estimate of drug-likeness (QED) is 0.0244. The van der Waals surface area contributed by atoms with E-state index in [0.29, 0.717) is 17.4 Å². The fourth-order valence-electron chi connectivity index (χ4n) is 4.47. The Morgan fingerprint density at radius 2 is 1.16 bits per heavy atom. The topological polar surface area (TPSA) is 111 Å². The predicted molar refractivity (Wildman–Crippen MR) is 176 cm³/mol. The Morgan fingerprint density at radius 1 is 0.682 bits per heavy atom. The van der Waals surface area contributed by atoms with Gasteiger partial charge in [-0.15, -0.1) is 0 Å². The minimum atomic E-state index is -4.60. The first-order chi connectivity index (χ1) is 21.0. The zero-order chi connectivity index (χ0) is 32.9. The number of phosphoric acid groups is 1. The van der Waals surface area contributed by atoms with E-state index in [0.717, 1.165) is 51.4 Å². The van der Waals surface area contributed by atoms with E-state index in [-0.39, 0.29) is 26.1 Å². The third-order valence-electron chi connectivity index (χ3n) is 7.29. The van der Waals surface area contributed by atoms with E-state index >= 15 is 0 Å². The van der Waals surface area contributed by atoms with E-state index < -0.39 is 32.5 Å². The minimum Gasteiger partial charge on any atom is -0.756 e. The number of quaternary nitrogens is 1. The Bertz CT molecular complexity index is 784. The van der Waals surface area contributed by atoms with Crippen LogP contribution in [0.25, 0.3) is 0 Å². The SMILES string of the molecule is CCCCCC/C=C\CCCCCCCC(=O)OC(COC(=O)CCCCCCCCC)COP(=O)([O-])OCC[N+](C)(C)C. The molecular formula is C34H66NO8P. The van der Waals surface area contributed by atoms with Crippen molar-refractivity contribution >= 4 is 19.8 Å². The summed E-state index contributed by atoms with van der Waals surface area (Å²) in [5.41, 5.74) is 0. The van der Waals surface area contributed by atoms with E-state index in [1.807, 2.05) is 21.1 Å². The van der Waals surface area contributed by atoms with Gasteiger partial charge in [-0.05, 0) is 38.5 Å². The summed E-state index contributed by atoms with van der Waals surface area (Å²) in [6, 6.07) is 0. The highest BCUT2D eigenvalue weighted by atomic mass is 31.2. The van der Waals surface area contributed by atoms with Crippen molar-refractivity contribution in [3.05, 3.63) is 12.2 Å². The molecule has 0 spiro atoms. The fraction of sp³-hybridized carbons (Fsp3) is 0.882. The lowest BCUT2D eigenvalue weighted by Gasteiger charge is -2.28. The van der Waals surface area contributed by atoms with Crippen molar-refractivity contribution in [3.8, 4) is 0 Å². The smallest absolute Gasteiger partial charge is 0.306 e. The number of likely N-dealkylation sites (N-methyl/N-ethyl adjacent to an activating group) is 1. The van der Waals surface area contributed by atoms with Gasteiger partial charge >= 0.3 is 11.9 Å². The second-order valence-corrected chi connectivity index (χ2v) is 14.3. The molecule has 0 aromatic heterocycles. The van der Waals surface area contributed by atoms with Gasteiger partial charge in [0.1, 0.15) is 19.8 Å². The van der Waals surface area contributed by atoms with Crippen LogP contribution in [0.4, 0.5) is 0 Å². The molecule has 0 aliphatic carbocycles. The lowest BCUT2D eigenvalue weighted by atomic mass is 10.1. The molecule has 9 nitrogen and oxygen atoms in total. The maximum atomic E-state index is 12.5. The first-order valence-electron chi connectivity index (χ1n) is 17.4. The van der Waals surface area contributed by atoms with Gasteiger partial charge < -0.3 is 27.9 Å². The van der Waals surface area contributed by atoms with Crippen molar-refractivity contribution in [1.82, 2.24) is 0 Å². The maximum absolute atomic E-state index is 12.5. The van der Waals surface area contributed by atoms with Gasteiger partial charge in [0.25, 0.3) is 7.82 Å². The first kappa shape index (κ1) is 42.8. The molecule has 44 heavy (non-hydrogen) atoms. The summed E-state index contributed by atoms with van der Waals surface area (Å²) in [4.78, 5) is 37.0. The average Bonchev–Trinajstić information content (AvgIpc) is 2.95. The second-order valence-electron chi connectivity index (χ2n) is 12.9. The van der Waals surface area contributed by atoms with Gasteiger partial charge in [-0.2, -0.15) is 0 Å². The number of nitrogens with zero attached hydrogens (tertiary/aromatic N) is 1. The van der Waals surface area contributed by atoms with Crippen molar-refractivity contribution in [3.63, 3.8) is 0 Å². The van der Waals surface area contributed by atoms with Crippen LogP contribution in [0.1, 0.15) is 142 Å². The van der Waals surface area contributed by atoms with E-state index in [9.17, 15) is 19.0 Å². The number of carbonyl (C=O) groups is 2. The van der Waals surface area contributed by atoms with Crippen LogP contribution < -0.4 is 4.89 Å². The van der Waals surface area contributed by atoms with Crippen molar-refractivity contribution in [2.24, 2.45) is 0 Å². The molecule has 0 aromatic carbocycles. The monoisotopic (exact) mass is 647 g/mol. The summed E-state index contributed by atoms with van der Waals surface area (Å²) in [5.74, 6) is -0.852. The zero-order valence-electron chi connectivity index (χ0n) is 28.9. The molecule has 2 unspecified atom stereocenters. The van der Waals surface area contributed by atoms with Gasteiger partial charge in [-0.1, -0.05) is 103 Å². The zero-order valence-corrected chi connectivity index (χ0v) is 29.8. The number of carbonyl (C=O) groups excluding carboxylic acids is 2. The number of esters is 2. The lowest BCUT2D eigenvalue weighted by molar-refractivity contribution is -0.870. The van der Waals surface area contributed by atoms with E-state index in [1.165, 1.54) is 57.8 Å². The first-order valence-corrected chi connectivity index (χ1v) is 18.9. The van der Waals surface area contributed by atoms with Gasteiger partial charge in [-0.25, -0.2) is 0 Å². The van der Waals surface area contributed by atoms with Crippen molar-refractivity contribution < 1.29 is 42.1 Å². The molecule has 0 rings (SSSR count). The number of rotatable bonds is 31. The normalized spacial score (nSPS) is 14.0. The minimum absolute atomic E-state index is 0.0303. The summed E-state index contributed by atoms with van der Waals surface area (Å²) < 4.78 is 33.5. The molecule has 0 saturated heterocycles. The highest BCUT2D eigenvalue weighted by molar-refractivity contribution is 7.45. The van der Waals surface area contributed by atoms with Crippen molar-refractivity contribution in [2.75, 3.05) is 47.5 Å². The largest absolute Gasteiger partial charge is 0.756 e. The van der Waals surface area contributed by atoms with Crippen LogP contribution in [0, 0.1) is 0 Å². The molecule has 0 fully saturated rings. The number of allylic oxidation sites excluding steroid dienone is 2. The third-order valence-corrected chi connectivity index (χ3v) is 8.25. The van der Waals surface area contributed by atoms with Crippen LogP contribution in [0.2, 0.25) is 0 Å². The van der Waals surface area contributed by atoms with Gasteiger partial charge in [0, 0.05) is 12.8 Å². The van der Waals surface area contributed by atoms with E-state index in [2.05, 4.69) is 26.0 Å². The fourth-order valence-corrected chi connectivity index (χ4v) is 5.20. The molecule has 0 amide bonds. The lowest BCUT2D eigenvalue weighted by Crippen LogP contribution is -2.37. The van der Waals surface area contributed by atoms with Crippen LogP contribution in [0.5, 0.6) is 0 Å². The van der Waals surface area contributed by atoms with Crippen molar-refractivity contribution in [2.45, 2.75) is 148 Å². The van der Waals surface area contributed by atoms with E-state index in [4.69, 9.17) is 18.5 Å². The Kier molecular flexibility index (Phi) is 27.2. The Labute approximate surface area is 269 Å². The molecule has 0 aromatic rings. The Balaban J connectivity index is 4.48. The number of unbranched alkanes of at least 4 members (excludes halogenated alkanes) is 15. The predicted octanol–water partition coefficient (Wildman–Crippen LogP) is 8.05. The molecule has 0 aliphatic heterocycles. The van der Waals surface area contributed by atoms with Crippen LogP contribution >= 0.6 is 7.82 Å². The van der Waals surface area contributed by atoms with Gasteiger partial charge in [0.2, 0.25) is 0 Å². The third kappa shape index (κ3) is 30.8. The number of phosphoric ester groups is 1. The molecule has 10 heteroatoms. The highest BCUT2D eigenvalue weighted by Crippen LogP contribution is 2.38. The maximum Gasteiger partial charge on any atom is 0.306 e. The van der Waals surface area contributed by atoms with Crippen LogP contribution in [-0.2, 0) is 32.7 Å². The second kappa shape index (κ2) is 28.0. The standard InChI is InChI=1S/C34H66NO8P/c1-6-8-10-12-14-15-16-17-18-19-21-23-25-27-34(37)43-32(31-42-44(38,39)41-29-28-35(3,4)5)30-40-33(36)26-24-22-20-13-11-9-7-2/h15-16,32H,6-14,17-31H2,1-5H3/b16-15-. The summed E-state index contributed by atoms with van der Waals surface area (Å²) in [7, 11) is 1.16. The summed E-state index contributed by atoms with van der Waals surface area (Å²) >= 11 is 0. The molecule has 0 radical (unpaired) electrons. The number of hydrogen-bond acceptors (Lipinski definition) is 8. The molecule has 0 N–H and O–H groups in total. The average molecular weight is 648 g/mol. The molecular weight excluding hydrogens is 581 g/mol. The molecule has 0 saturated carbocycles. The summed E-state index contributed by atoms with van der Waals surface area (Å²) in [6.45, 7) is 4.13. The van der Waals surface area contributed by atoms with E-state index in [1.54, 1.807) is 0 Å². The molecule has 0 heterocycles. The van der Waals surface area contributed by atoms with Crippen LogP contribution in [-0.4, -0.2) is 70.0 Å². The van der Waals surface area contributed by atoms with Crippen LogP contribution in [0.15, 0.2) is 12.2 Å². The van der Waals surface area contributed by atoms with Crippen molar-refractivity contribution in [1.29, 1.82) is 0 Å². The van der Waals surface area contributed by atoms with Crippen LogP contribution in [0.3, 0.4) is 0 Å². The summed E-state index contributed by atoms with van der Waals surface area (Å²) in [5, 5.41) is 0. The molecule has 2 atom stereocenters. The Morgan fingerprint density at radius 3 is 1.70 bits per heavy atom. The van der Waals surface area contributed by atoms with Gasteiger partial charge in [-0.3, -0.25) is 14.2 Å². The summed E-state index contributed by atoms with van der Waals surface area (Å²) in [6.07, 6.45) is 24.0. The molecule has 0 aliphatic rings. The highest BCUT2D eigenvalue weighted by Gasteiger charge is 2.21. The Hall–Kier alpha value is -1.25. The molecule has 260 valence electrons. The number of hydrogen-bond donors (Lipinski definition) is 0. The van der Waals surface area contributed by atoms with Gasteiger partial charge in [0.15, 0.2) is 6.10 Å². The molecule has 0 bridgehead atoms. The number of ether oxygens (including phenoxy) is 2.